The van der Waals surface area contributed by atoms with Crippen LogP contribution in [-0.4, -0.2) is 45.1 Å². The fourth-order valence-corrected chi connectivity index (χ4v) is 9.87. The van der Waals surface area contributed by atoms with Gasteiger partial charge in [0.25, 0.3) is 0 Å². The summed E-state index contributed by atoms with van der Waals surface area (Å²) in [5.74, 6) is 0. The summed E-state index contributed by atoms with van der Waals surface area (Å²) in [6.07, 6.45) is 2.39. The van der Waals surface area contributed by atoms with Crippen LogP contribution in [0, 0.1) is 0 Å². The minimum Gasteiger partial charge on any atom is -0.374 e. The van der Waals surface area contributed by atoms with Gasteiger partial charge in [-0.3, -0.25) is 0 Å². The Bertz CT molecular complexity index is 266. The predicted octanol–water partition coefficient (Wildman–Crippen LogP) is 5.50. The van der Waals surface area contributed by atoms with Crippen molar-refractivity contribution in [1.29, 1.82) is 0 Å². The van der Waals surface area contributed by atoms with Crippen molar-refractivity contribution in [3.63, 3.8) is 0 Å². The molecule has 0 aliphatic rings. The van der Waals surface area contributed by atoms with Crippen molar-refractivity contribution >= 4 is 16.7 Å². The van der Waals surface area contributed by atoms with Gasteiger partial charge in [-0.15, -0.1) is 0 Å². The molecule has 0 aromatic rings. The molecule has 0 unspecified atom stereocenters. The first-order chi connectivity index (χ1) is 10.0. The summed E-state index contributed by atoms with van der Waals surface area (Å²) < 4.78 is 17.9. The predicted molar refractivity (Wildman–Crippen MR) is 101 cm³/mol. The van der Waals surface area contributed by atoms with E-state index in [0.29, 0.717) is 30.1 Å². The summed E-state index contributed by atoms with van der Waals surface area (Å²) in [5.41, 5.74) is 0. The molecule has 0 atom stereocenters. The molecule has 0 radical (unpaired) electrons. The Labute approximate surface area is 141 Å². The molecule has 0 aliphatic heterocycles. The van der Waals surface area contributed by atoms with Gasteiger partial charge in [0.15, 0.2) is 0 Å². The van der Waals surface area contributed by atoms with Crippen molar-refractivity contribution in [3.05, 3.63) is 0 Å². The van der Waals surface area contributed by atoms with E-state index >= 15 is 0 Å². The maximum atomic E-state index is 5.97. The molecular weight excluding hydrogens is 311 g/mol. The van der Waals surface area contributed by atoms with Crippen LogP contribution in [0.25, 0.3) is 0 Å². The lowest BCUT2D eigenvalue weighted by atomic mass is 10.2. The SMILES string of the molecule is CCO[Si](CCCP(C(C)(C)C)C(C)(C)C)(OCC)OCC. The zero-order valence-electron chi connectivity index (χ0n) is 16.4. The van der Waals surface area contributed by atoms with Crippen molar-refractivity contribution in [2.45, 2.75) is 85.1 Å². The maximum Gasteiger partial charge on any atom is 0.500 e. The summed E-state index contributed by atoms with van der Waals surface area (Å²) in [5, 5.41) is 0.751. The van der Waals surface area contributed by atoms with Gasteiger partial charge in [0.2, 0.25) is 0 Å². The Morgan fingerprint density at radius 3 is 1.36 bits per heavy atom. The fourth-order valence-electron chi connectivity index (χ4n) is 3.13. The van der Waals surface area contributed by atoms with E-state index in [1.54, 1.807) is 0 Å². The molecular formula is C17H39O3PSi. The van der Waals surface area contributed by atoms with Gasteiger partial charge in [0, 0.05) is 25.9 Å². The van der Waals surface area contributed by atoms with Crippen LogP contribution in [0.1, 0.15) is 68.7 Å². The van der Waals surface area contributed by atoms with Crippen LogP contribution < -0.4 is 0 Å². The molecule has 22 heavy (non-hydrogen) atoms. The Hall–Kier alpha value is 0.527. The van der Waals surface area contributed by atoms with E-state index in [1.165, 1.54) is 6.16 Å². The highest BCUT2D eigenvalue weighted by Gasteiger charge is 2.41. The second-order valence-corrected chi connectivity index (χ2v) is 14.3. The topological polar surface area (TPSA) is 27.7 Å². The van der Waals surface area contributed by atoms with Gasteiger partial charge < -0.3 is 13.3 Å². The van der Waals surface area contributed by atoms with Crippen LogP contribution in [0.4, 0.5) is 0 Å². The van der Waals surface area contributed by atoms with Crippen LogP contribution in [-0.2, 0) is 13.3 Å². The molecule has 0 aromatic carbocycles. The molecule has 0 aromatic heterocycles. The second-order valence-electron chi connectivity index (χ2n) is 7.58. The monoisotopic (exact) mass is 350 g/mol. The van der Waals surface area contributed by atoms with Gasteiger partial charge in [-0.2, -0.15) is 0 Å². The average Bonchev–Trinajstić information content (AvgIpc) is 2.32. The smallest absolute Gasteiger partial charge is 0.374 e. The van der Waals surface area contributed by atoms with Crippen LogP contribution >= 0.6 is 7.92 Å². The van der Waals surface area contributed by atoms with E-state index in [9.17, 15) is 0 Å². The van der Waals surface area contributed by atoms with Gasteiger partial charge in [0.1, 0.15) is 0 Å². The number of rotatable bonds is 10. The highest BCUT2D eigenvalue weighted by Crippen LogP contribution is 2.59. The first-order valence-corrected chi connectivity index (χ1v) is 12.2. The lowest BCUT2D eigenvalue weighted by molar-refractivity contribution is 0.0712. The van der Waals surface area contributed by atoms with E-state index in [2.05, 4.69) is 41.5 Å². The molecule has 0 heterocycles. The third kappa shape index (κ3) is 7.87. The van der Waals surface area contributed by atoms with Crippen LogP contribution in [0.3, 0.4) is 0 Å². The van der Waals surface area contributed by atoms with Gasteiger partial charge >= 0.3 is 8.80 Å². The highest BCUT2D eigenvalue weighted by atomic mass is 31.1. The first-order valence-electron chi connectivity index (χ1n) is 8.72. The van der Waals surface area contributed by atoms with E-state index < -0.39 is 8.80 Å². The highest BCUT2D eigenvalue weighted by molar-refractivity contribution is 7.60. The van der Waals surface area contributed by atoms with Crippen molar-refractivity contribution in [1.82, 2.24) is 0 Å². The van der Waals surface area contributed by atoms with E-state index in [4.69, 9.17) is 13.3 Å². The summed E-state index contributed by atoms with van der Waals surface area (Å²) >= 11 is 0. The summed E-state index contributed by atoms with van der Waals surface area (Å²) in [4.78, 5) is 0. The normalized spacial score (nSPS) is 13.9. The quantitative estimate of drug-likeness (QED) is 0.384. The van der Waals surface area contributed by atoms with Gasteiger partial charge in [0.05, 0.1) is 0 Å². The largest absolute Gasteiger partial charge is 0.500 e. The van der Waals surface area contributed by atoms with Gasteiger partial charge in [-0.25, -0.2) is 0 Å². The lowest BCUT2D eigenvalue weighted by Gasteiger charge is -2.42. The second kappa shape index (κ2) is 9.73. The summed E-state index contributed by atoms with van der Waals surface area (Å²) in [7, 11) is -2.54. The average molecular weight is 351 g/mol. The summed E-state index contributed by atoms with van der Waals surface area (Å²) in [6, 6.07) is 0.938. The standard InChI is InChI=1S/C17H39O3PSi/c1-10-18-22(19-11-2,20-12-3)15-13-14-21(16(4,5)6)17(7,8)9/h10-15H2,1-9H3. The minimum atomic E-state index is -2.47. The molecule has 0 aliphatic carbocycles. The van der Waals surface area contributed by atoms with E-state index in [0.717, 1.165) is 12.5 Å². The van der Waals surface area contributed by atoms with Gasteiger partial charge in [-0.1, -0.05) is 49.5 Å². The molecule has 0 saturated carbocycles. The van der Waals surface area contributed by atoms with Crippen molar-refractivity contribution in [2.75, 3.05) is 26.0 Å². The van der Waals surface area contributed by atoms with E-state index in [1.807, 2.05) is 20.8 Å². The van der Waals surface area contributed by atoms with Crippen molar-refractivity contribution in [3.8, 4) is 0 Å². The number of hydrogen-bond donors (Lipinski definition) is 0. The molecule has 0 N–H and O–H groups in total. The van der Waals surface area contributed by atoms with Crippen LogP contribution in [0.2, 0.25) is 6.04 Å². The molecule has 5 heteroatoms. The first kappa shape index (κ1) is 22.5. The van der Waals surface area contributed by atoms with Crippen molar-refractivity contribution < 1.29 is 13.3 Å². The lowest BCUT2D eigenvalue weighted by Crippen LogP contribution is -2.46. The molecule has 0 saturated heterocycles. The molecule has 0 spiro atoms. The molecule has 134 valence electrons. The summed E-state index contributed by atoms with van der Waals surface area (Å²) in [6.45, 7) is 22.3. The zero-order valence-corrected chi connectivity index (χ0v) is 18.3. The molecule has 0 fully saturated rings. The molecule has 3 nitrogen and oxygen atoms in total. The maximum absolute atomic E-state index is 5.97. The van der Waals surface area contributed by atoms with Crippen LogP contribution in [0.15, 0.2) is 0 Å². The Kier molecular flexibility index (Phi) is 9.97. The molecule has 0 amide bonds. The van der Waals surface area contributed by atoms with Gasteiger partial charge in [-0.05, 0) is 43.7 Å². The minimum absolute atomic E-state index is 0.0681. The Morgan fingerprint density at radius 2 is 1.09 bits per heavy atom. The molecule has 0 bridgehead atoms. The van der Waals surface area contributed by atoms with Crippen LogP contribution in [0.5, 0.6) is 0 Å². The third-order valence-electron chi connectivity index (χ3n) is 3.58. The Balaban J connectivity index is 4.83. The van der Waals surface area contributed by atoms with E-state index in [-0.39, 0.29) is 7.92 Å². The fraction of sp³-hybridized carbons (Fsp3) is 1.00. The zero-order chi connectivity index (χ0) is 17.4. The van der Waals surface area contributed by atoms with Crippen molar-refractivity contribution in [2.24, 2.45) is 0 Å². The molecule has 0 rings (SSSR count). The Morgan fingerprint density at radius 1 is 0.727 bits per heavy atom. The number of hydrogen-bond acceptors (Lipinski definition) is 3. The third-order valence-corrected chi connectivity index (χ3v) is 10.7.